The molecule has 3 nitrogen and oxygen atoms in total. The van der Waals surface area contributed by atoms with Crippen molar-refractivity contribution in [2.75, 3.05) is 0 Å². The van der Waals surface area contributed by atoms with Crippen molar-refractivity contribution in [2.45, 2.75) is 79.4 Å². The number of ether oxygens (including phenoxy) is 1. The van der Waals surface area contributed by atoms with Crippen molar-refractivity contribution >= 4 is 5.97 Å². The van der Waals surface area contributed by atoms with Crippen molar-refractivity contribution in [3.63, 3.8) is 0 Å². The summed E-state index contributed by atoms with van der Waals surface area (Å²) >= 11 is 0. The molecule has 0 rings (SSSR count). The monoisotopic (exact) mass is 296 g/mol. The smallest absolute Gasteiger partial charge is 0.330 e. The molecule has 2 atom stereocenters. The van der Waals surface area contributed by atoms with Gasteiger partial charge in [0.1, 0.15) is 0 Å². The van der Waals surface area contributed by atoms with Crippen molar-refractivity contribution in [3.8, 4) is 0 Å². The van der Waals surface area contributed by atoms with Gasteiger partial charge in [-0.3, -0.25) is 0 Å². The van der Waals surface area contributed by atoms with Crippen molar-refractivity contribution in [2.24, 2.45) is 5.92 Å². The second-order valence-corrected chi connectivity index (χ2v) is 6.53. The van der Waals surface area contributed by atoms with Crippen LogP contribution in [0.2, 0.25) is 0 Å². The Bertz CT molecular complexity index is 363. The molecule has 0 fully saturated rings. The van der Waals surface area contributed by atoms with Gasteiger partial charge in [0.05, 0.1) is 12.2 Å². The van der Waals surface area contributed by atoms with Crippen LogP contribution < -0.4 is 0 Å². The van der Waals surface area contributed by atoms with Crippen LogP contribution in [0.15, 0.2) is 23.3 Å². The molecule has 0 bridgehead atoms. The van der Waals surface area contributed by atoms with Gasteiger partial charge < -0.3 is 9.84 Å². The largest absolute Gasteiger partial charge is 0.460 e. The Kier molecular flexibility index (Phi) is 10.1. The number of esters is 1. The minimum Gasteiger partial charge on any atom is -0.460 e. The van der Waals surface area contributed by atoms with E-state index in [0.717, 1.165) is 24.8 Å². The maximum atomic E-state index is 11.5. The lowest BCUT2D eigenvalue weighted by Crippen LogP contribution is -2.13. The summed E-state index contributed by atoms with van der Waals surface area (Å²) < 4.78 is 5.06. The van der Waals surface area contributed by atoms with Gasteiger partial charge in [-0.05, 0) is 66.2 Å². The first-order chi connectivity index (χ1) is 9.70. The fraction of sp³-hybridized carbons (Fsp3) is 0.722. The SMILES string of the molecule is CC(C)=CCCC(C)CC(O)C/C(C)=C/C(=O)OC(C)C. The lowest BCUT2D eigenvalue weighted by Gasteiger charge is -2.16. The molecule has 0 amide bonds. The summed E-state index contributed by atoms with van der Waals surface area (Å²) in [5.74, 6) is 0.150. The van der Waals surface area contributed by atoms with Crippen LogP contribution in [0.5, 0.6) is 0 Å². The molecule has 122 valence electrons. The number of carbonyl (C=O) groups is 1. The Balaban J connectivity index is 4.12. The molecule has 0 aliphatic rings. The van der Waals surface area contributed by atoms with Crippen LogP contribution in [-0.4, -0.2) is 23.3 Å². The van der Waals surface area contributed by atoms with Gasteiger partial charge in [-0.2, -0.15) is 0 Å². The highest BCUT2D eigenvalue weighted by Crippen LogP contribution is 2.18. The van der Waals surface area contributed by atoms with E-state index in [0.29, 0.717) is 12.3 Å². The number of hydrogen-bond acceptors (Lipinski definition) is 3. The molecular weight excluding hydrogens is 264 g/mol. The second-order valence-electron chi connectivity index (χ2n) is 6.53. The predicted molar refractivity (Wildman–Crippen MR) is 88.1 cm³/mol. The Labute approximate surface area is 130 Å². The van der Waals surface area contributed by atoms with Gasteiger partial charge in [-0.25, -0.2) is 4.79 Å². The Morgan fingerprint density at radius 2 is 1.81 bits per heavy atom. The van der Waals surface area contributed by atoms with E-state index in [-0.39, 0.29) is 12.1 Å². The third-order valence-corrected chi connectivity index (χ3v) is 3.16. The summed E-state index contributed by atoms with van der Waals surface area (Å²) in [6.07, 6.45) is 6.65. The van der Waals surface area contributed by atoms with Gasteiger partial charge in [0.25, 0.3) is 0 Å². The van der Waals surface area contributed by atoms with E-state index in [1.165, 1.54) is 11.6 Å². The lowest BCUT2D eigenvalue weighted by atomic mass is 9.95. The van der Waals surface area contributed by atoms with E-state index in [1.807, 2.05) is 20.8 Å². The molecule has 0 heterocycles. The van der Waals surface area contributed by atoms with Gasteiger partial charge >= 0.3 is 5.97 Å². The average molecular weight is 296 g/mol. The zero-order valence-electron chi connectivity index (χ0n) is 14.5. The van der Waals surface area contributed by atoms with Gasteiger partial charge in [0.15, 0.2) is 0 Å². The molecule has 2 unspecified atom stereocenters. The number of aliphatic hydroxyl groups is 1. The number of rotatable bonds is 9. The minimum absolute atomic E-state index is 0.110. The molecule has 0 saturated carbocycles. The van der Waals surface area contributed by atoms with Crippen LogP contribution in [0.3, 0.4) is 0 Å². The van der Waals surface area contributed by atoms with Gasteiger partial charge in [-0.1, -0.05) is 24.1 Å². The predicted octanol–water partition coefficient (Wildman–Crippen LogP) is 4.41. The van der Waals surface area contributed by atoms with E-state index < -0.39 is 6.10 Å². The first-order valence-electron chi connectivity index (χ1n) is 7.90. The number of hydrogen-bond donors (Lipinski definition) is 1. The number of aliphatic hydroxyl groups excluding tert-OH is 1. The first kappa shape index (κ1) is 19.9. The first-order valence-corrected chi connectivity index (χ1v) is 7.90. The van der Waals surface area contributed by atoms with Crippen molar-refractivity contribution in [3.05, 3.63) is 23.3 Å². The number of allylic oxidation sites excluding steroid dienone is 2. The summed E-state index contributed by atoms with van der Waals surface area (Å²) in [5.41, 5.74) is 2.20. The molecule has 0 aromatic heterocycles. The summed E-state index contributed by atoms with van der Waals surface area (Å²) in [6, 6.07) is 0. The maximum absolute atomic E-state index is 11.5. The summed E-state index contributed by atoms with van der Waals surface area (Å²) in [4.78, 5) is 11.5. The van der Waals surface area contributed by atoms with Gasteiger partial charge in [0.2, 0.25) is 0 Å². The molecule has 21 heavy (non-hydrogen) atoms. The van der Waals surface area contributed by atoms with Crippen LogP contribution in [0.25, 0.3) is 0 Å². The van der Waals surface area contributed by atoms with E-state index in [1.54, 1.807) is 0 Å². The number of carbonyl (C=O) groups excluding carboxylic acids is 1. The topological polar surface area (TPSA) is 46.5 Å². The van der Waals surface area contributed by atoms with Gasteiger partial charge in [0, 0.05) is 6.08 Å². The molecule has 1 N–H and O–H groups in total. The van der Waals surface area contributed by atoms with E-state index in [9.17, 15) is 9.90 Å². The van der Waals surface area contributed by atoms with E-state index in [2.05, 4.69) is 26.8 Å². The Morgan fingerprint density at radius 3 is 2.33 bits per heavy atom. The molecule has 0 aliphatic carbocycles. The van der Waals surface area contributed by atoms with Crippen LogP contribution in [0.1, 0.15) is 67.2 Å². The average Bonchev–Trinajstić information content (AvgIpc) is 2.25. The summed E-state index contributed by atoms with van der Waals surface area (Å²) in [7, 11) is 0. The standard InChI is InChI=1S/C18H32O3/c1-13(2)8-7-9-15(5)10-17(19)11-16(6)12-18(20)21-14(3)4/h8,12,14-15,17,19H,7,9-11H2,1-6H3/b16-12+. The highest BCUT2D eigenvalue weighted by Gasteiger charge is 2.12. The van der Waals surface area contributed by atoms with Crippen molar-refractivity contribution in [1.29, 1.82) is 0 Å². The van der Waals surface area contributed by atoms with Crippen LogP contribution in [0, 0.1) is 5.92 Å². The van der Waals surface area contributed by atoms with Crippen molar-refractivity contribution < 1.29 is 14.6 Å². The molecule has 0 spiro atoms. The summed E-state index contributed by atoms with van der Waals surface area (Å²) in [6.45, 7) is 11.9. The third-order valence-electron chi connectivity index (χ3n) is 3.16. The van der Waals surface area contributed by atoms with Crippen molar-refractivity contribution in [1.82, 2.24) is 0 Å². The van der Waals surface area contributed by atoms with Crippen LogP contribution >= 0.6 is 0 Å². The van der Waals surface area contributed by atoms with Crippen LogP contribution in [0.4, 0.5) is 0 Å². The van der Waals surface area contributed by atoms with E-state index >= 15 is 0 Å². The fourth-order valence-corrected chi connectivity index (χ4v) is 2.22. The molecule has 0 saturated heterocycles. The molecule has 3 heteroatoms. The molecule has 0 aromatic rings. The van der Waals surface area contributed by atoms with Gasteiger partial charge in [-0.15, -0.1) is 0 Å². The second kappa shape index (κ2) is 10.6. The third kappa shape index (κ3) is 12.4. The van der Waals surface area contributed by atoms with E-state index in [4.69, 9.17) is 4.74 Å². The lowest BCUT2D eigenvalue weighted by molar-refractivity contribution is -0.141. The zero-order valence-corrected chi connectivity index (χ0v) is 14.5. The molecular formula is C18H32O3. The van der Waals surface area contributed by atoms with Crippen LogP contribution in [-0.2, 0) is 9.53 Å². The molecule has 0 aromatic carbocycles. The molecule has 0 aliphatic heterocycles. The zero-order chi connectivity index (χ0) is 16.4. The Morgan fingerprint density at radius 1 is 1.19 bits per heavy atom. The highest BCUT2D eigenvalue weighted by atomic mass is 16.5. The normalized spacial score (nSPS) is 14.8. The quantitative estimate of drug-likeness (QED) is 0.389. The maximum Gasteiger partial charge on any atom is 0.330 e. The molecule has 0 radical (unpaired) electrons. The minimum atomic E-state index is -0.394. The summed E-state index contributed by atoms with van der Waals surface area (Å²) in [5, 5.41) is 10.1. The fourth-order valence-electron chi connectivity index (χ4n) is 2.22. The highest BCUT2D eigenvalue weighted by molar-refractivity contribution is 5.82. The Hall–Kier alpha value is -1.09.